The van der Waals surface area contributed by atoms with Crippen molar-refractivity contribution in [2.75, 3.05) is 38.2 Å². The first kappa shape index (κ1) is 40.0. The third-order valence-corrected chi connectivity index (χ3v) is 8.99. The van der Waals surface area contributed by atoms with E-state index >= 15 is 0 Å². The van der Waals surface area contributed by atoms with Crippen LogP contribution in [0.5, 0.6) is 0 Å². The maximum Gasteiger partial charge on any atom is 0.315 e. The summed E-state index contributed by atoms with van der Waals surface area (Å²) in [6.07, 6.45) is 3.37. The van der Waals surface area contributed by atoms with Gasteiger partial charge in [-0.25, -0.2) is 4.79 Å². The van der Waals surface area contributed by atoms with Gasteiger partial charge in [0.1, 0.15) is 6.54 Å². The van der Waals surface area contributed by atoms with Crippen LogP contribution in [0.2, 0.25) is 0 Å². The van der Waals surface area contributed by atoms with E-state index in [2.05, 4.69) is 35.1 Å². The number of amides is 5. The predicted octanol–water partition coefficient (Wildman–Crippen LogP) is 2.40. The molecule has 0 rings (SSSR count). The Labute approximate surface area is 260 Å². The number of carbonyl (C=O) groups excluding carboxylic acids is 5. The Morgan fingerprint density at radius 2 is 1.63 bits per heavy atom. The maximum absolute atomic E-state index is 13.1. The van der Waals surface area contributed by atoms with Gasteiger partial charge in [0, 0.05) is 54.8 Å². The van der Waals surface area contributed by atoms with Gasteiger partial charge in [0.05, 0.1) is 18.2 Å². The Balaban J connectivity index is 4.88. The van der Waals surface area contributed by atoms with Gasteiger partial charge in [-0.05, 0) is 43.4 Å². The molecule has 0 aliphatic rings. The lowest BCUT2D eigenvalue weighted by Crippen LogP contribution is -2.58. The van der Waals surface area contributed by atoms with Crippen molar-refractivity contribution in [2.45, 2.75) is 105 Å². The van der Waals surface area contributed by atoms with Crippen molar-refractivity contribution >= 4 is 40.3 Å². The van der Waals surface area contributed by atoms with E-state index in [-0.39, 0.29) is 31.3 Å². The zero-order valence-electron chi connectivity index (χ0n) is 27.4. The number of nitrogens with zero attached hydrogens (tertiary/aromatic N) is 2. The first-order valence-electron chi connectivity index (χ1n) is 15.1. The van der Waals surface area contributed by atoms with E-state index < -0.39 is 51.9 Å². The molecule has 43 heavy (non-hydrogen) atoms. The highest BCUT2D eigenvalue weighted by molar-refractivity contribution is 7.85. The summed E-state index contributed by atoms with van der Waals surface area (Å²) in [6.45, 7) is 13.7. The molecule has 0 heterocycles. The molecule has 0 saturated carbocycles. The van der Waals surface area contributed by atoms with Gasteiger partial charge in [0.25, 0.3) is 5.91 Å². The van der Waals surface area contributed by atoms with Crippen molar-refractivity contribution in [2.24, 2.45) is 11.3 Å². The molecular formula is C30H54N6O6S. The largest absolute Gasteiger partial charge is 0.348 e. The van der Waals surface area contributed by atoms with Crippen molar-refractivity contribution in [1.29, 1.82) is 5.26 Å². The molecule has 0 aliphatic carbocycles. The number of nitrogens with one attached hydrogen (secondary N) is 4. The molecule has 5 amide bonds. The topological polar surface area (TPSA) is 178 Å². The lowest BCUT2D eigenvalue weighted by atomic mass is 9.84. The third-order valence-electron chi connectivity index (χ3n) is 7.42. The van der Waals surface area contributed by atoms with E-state index in [9.17, 15) is 28.2 Å². The molecule has 4 N–H and O–H groups in total. The van der Waals surface area contributed by atoms with Gasteiger partial charge in [-0.2, -0.15) is 5.26 Å². The Morgan fingerprint density at radius 3 is 2.16 bits per heavy atom. The van der Waals surface area contributed by atoms with Crippen LogP contribution in [0.3, 0.4) is 0 Å². The number of ketones is 1. The van der Waals surface area contributed by atoms with Crippen LogP contribution in [0.4, 0.5) is 4.79 Å². The van der Waals surface area contributed by atoms with E-state index in [0.29, 0.717) is 49.7 Å². The van der Waals surface area contributed by atoms with E-state index in [0.717, 1.165) is 6.42 Å². The van der Waals surface area contributed by atoms with E-state index in [1.807, 2.05) is 34.6 Å². The van der Waals surface area contributed by atoms with Gasteiger partial charge in [0.2, 0.25) is 17.6 Å². The number of urea groups is 1. The van der Waals surface area contributed by atoms with Crippen LogP contribution in [0.15, 0.2) is 0 Å². The number of unbranched alkanes of at least 4 members (excludes halogenated alkanes) is 1. The van der Waals surface area contributed by atoms with Crippen LogP contribution in [-0.2, 0) is 30.0 Å². The zero-order valence-corrected chi connectivity index (χ0v) is 28.2. The Hall–Kier alpha value is -3.01. The molecule has 2 unspecified atom stereocenters. The average molecular weight is 627 g/mol. The van der Waals surface area contributed by atoms with Gasteiger partial charge >= 0.3 is 6.03 Å². The number of nitriles is 1. The second-order valence-electron chi connectivity index (χ2n) is 12.5. The number of hydrogen-bond donors (Lipinski definition) is 4. The smallest absolute Gasteiger partial charge is 0.315 e. The minimum absolute atomic E-state index is 0.0927. The molecule has 0 bridgehead atoms. The number of Topliss-reactive ketones (excluding diaryl/α,β-unsaturated/α-hetero) is 1. The summed E-state index contributed by atoms with van der Waals surface area (Å²) in [4.78, 5) is 62.8. The number of carbonyl (C=O) groups is 5. The molecule has 0 aromatic carbocycles. The Kier molecular flexibility index (Phi) is 18.6. The fourth-order valence-electron chi connectivity index (χ4n) is 4.08. The van der Waals surface area contributed by atoms with Crippen LogP contribution in [0.1, 0.15) is 93.4 Å². The Morgan fingerprint density at radius 1 is 1.00 bits per heavy atom. The number of rotatable bonds is 20. The van der Waals surface area contributed by atoms with Crippen molar-refractivity contribution in [3.63, 3.8) is 0 Å². The Bertz CT molecular complexity index is 1000. The molecule has 246 valence electrons. The molecule has 0 spiro atoms. The molecule has 0 saturated heterocycles. The highest BCUT2D eigenvalue weighted by atomic mass is 32.2. The van der Waals surface area contributed by atoms with E-state index in [1.54, 1.807) is 18.0 Å². The van der Waals surface area contributed by atoms with E-state index in [4.69, 9.17) is 5.26 Å². The molecule has 2 atom stereocenters. The summed E-state index contributed by atoms with van der Waals surface area (Å²) in [7, 11) is 0.619. The second kappa shape index (κ2) is 20.0. The summed E-state index contributed by atoms with van der Waals surface area (Å²) in [5.74, 6) is -0.860. The SMILES string of the molecule is CCC(CC)(CS(=O)CCC(C)C)NC(=O)NC(CC(=O)N(C)CCCCC(=O)NCC(=O)C(=O)NCC#N)C(C)(C)C. The summed E-state index contributed by atoms with van der Waals surface area (Å²) < 4.78 is 12.8. The molecule has 0 fully saturated rings. The summed E-state index contributed by atoms with van der Waals surface area (Å²) in [5, 5.41) is 19.0. The van der Waals surface area contributed by atoms with Gasteiger partial charge < -0.3 is 26.2 Å². The molecule has 12 nitrogen and oxygen atoms in total. The summed E-state index contributed by atoms with van der Waals surface area (Å²) in [6, 6.07) is 0.857. The lowest BCUT2D eigenvalue weighted by Gasteiger charge is -2.36. The maximum atomic E-state index is 13.1. The van der Waals surface area contributed by atoms with Crippen LogP contribution < -0.4 is 21.3 Å². The average Bonchev–Trinajstić information content (AvgIpc) is 2.94. The third kappa shape index (κ3) is 17.0. The molecule has 0 aromatic rings. The summed E-state index contributed by atoms with van der Waals surface area (Å²) >= 11 is 0. The van der Waals surface area contributed by atoms with Crippen molar-refractivity contribution < 1.29 is 28.2 Å². The minimum Gasteiger partial charge on any atom is -0.348 e. The van der Waals surface area contributed by atoms with Gasteiger partial charge in [-0.15, -0.1) is 0 Å². The molecule has 0 aromatic heterocycles. The van der Waals surface area contributed by atoms with Crippen LogP contribution in [-0.4, -0.2) is 88.4 Å². The van der Waals surface area contributed by atoms with Crippen LogP contribution in [0.25, 0.3) is 0 Å². The minimum atomic E-state index is -1.05. The normalized spacial score (nSPS) is 12.9. The molecule has 13 heteroatoms. The summed E-state index contributed by atoms with van der Waals surface area (Å²) in [5.41, 5.74) is -1.01. The van der Waals surface area contributed by atoms with Crippen LogP contribution >= 0.6 is 0 Å². The molecule has 0 radical (unpaired) electrons. The van der Waals surface area contributed by atoms with Crippen LogP contribution in [0, 0.1) is 22.7 Å². The second-order valence-corrected chi connectivity index (χ2v) is 14.1. The standard InChI is InChI=1S/C30H54N6O6S/c1-9-30(10-2,21-43(42)18-14-22(3)4)35-28(41)34-24(29(5,6)7)19-26(39)36(8)17-12-11-13-25(38)33-20-23(37)27(40)32-16-15-31/h22,24H,9-14,16-21H2,1-8H3,(H,32,40)(H,33,38)(H2,34,35,41). The van der Waals surface area contributed by atoms with Crippen molar-refractivity contribution in [3.8, 4) is 6.07 Å². The first-order valence-corrected chi connectivity index (χ1v) is 16.6. The first-order chi connectivity index (χ1) is 20.0. The van der Waals surface area contributed by atoms with Gasteiger partial charge in [0.15, 0.2) is 0 Å². The van der Waals surface area contributed by atoms with Gasteiger partial charge in [-0.1, -0.05) is 48.5 Å². The fraction of sp³-hybridized carbons (Fsp3) is 0.800. The molecule has 0 aliphatic heterocycles. The lowest BCUT2D eigenvalue weighted by molar-refractivity contribution is -0.137. The quantitative estimate of drug-likeness (QED) is 0.0910. The zero-order chi connectivity index (χ0) is 33.2. The van der Waals surface area contributed by atoms with Crippen molar-refractivity contribution in [3.05, 3.63) is 0 Å². The monoisotopic (exact) mass is 626 g/mol. The predicted molar refractivity (Wildman–Crippen MR) is 168 cm³/mol. The van der Waals surface area contributed by atoms with Gasteiger partial charge in [-0.3, -0.25) is 23.4 Å². The molecular weight excluding hydrogens is 572 g/mol. The highest BCUT2D eigenvalue weighted by Crippen LogP contribution is 2.23. The fourth-order valence-corrected chi connectivity index (χ4v) is 6.05. The number of hydrogen-bond acceptors (Lipinski definition) is 7. The van der Waals surface area contributed by atoms with E-state index in [1.165, 1.54) is 0 Å². The highest BCUT2D eigenvalue weighted by Gasteiger charge is 2.34. The van der Waals surface area contributed by atoms with Crippen molar-refractivity contribution in [1.82, 2.24) is 26.2 Å².